The molecule has 0 bridgehead atoms. The van der Waals surface area contributed by atoms with Crippen LogP contribution >= 0.6 is 23.5 Å². The molecule has 2 N–H and O–H groups in total. The van der Waals surface area contributed by atoms with Crippen molar-refractivity contribution >= 4 is 46.7 Å². The Balaban J connectivity index is 1.62. The van der Waals surface area contributed by atoms with Crippen LogP contribution in [0.2, 0.25) is 0 Å². The average Bonchev–Trinajstić information content (AvgIpc) is 3.33. The summed E-state index contributed by atoms with van der Waals surface area (Å²) >= 11 is 3.22. The van der Waals surface area contributed by atoms with Crippen LogP contribution in [-0.4, -0.2) is 24.3 Å². The number of hydrogen-bond acceptors (Lipinski definition) is 4. The van der Waals surface area contributed by atoms with E-state index in [1.807, 2.05) is 61.0 Å². The monoisotopic (exact) mass is 384 g/mol. The molecule has 1 saturated carbocycles. The minimum Gasteiger partial charge on any atom is -0.326 e. The van der Waals surface area contributed by atoms with Crippen molar-refractivity contribution in [3.05, 3.63) is 60.7 Å². The van der Waals surface area contributed by atoms with Crippen LogP contribution in [0, 0.1) is 11.8 Å². The van der Waals surface area contributed by atoms with Crippen molar-refractivity contribution < 1.29 is 9.59 Å². The molecule has 26 heavy (non-hydrogen) atoms. The van der Waals surface area contributed by atoms with Crippen molar-refractivity contribution in [3.8, 4) is 0 Å². The third kappa shape index (κ3) is 4.14. The molecule has 1 aliphatic carbocycles. The molecular weight excluding hydrogens is 364 g/mol. The Labute approximate surface area is 161 Å². The van der Waals surface area contributed by atoms with E-state index in [4.69, 9.17) is 0 Å². The van der Waals surface area contributed by atoms with Crippen molar-refractivity contribution in [1.82, 2.24) is 0 Å². The van der Waals surface area contributed by atoms with Crippen LogP contribution in [0.3, 0.4) is 0 Å². The number of nitrogens with one attached hydrogen (secondary N) is 2. The smallest absolute Gasteiger partial charge is 0.232 e. The summed E-state index contributed by atoms with van der Waals surface area (Å²) in [5.41, 5.74) is 2.11. The highest BCUT2D eigenvalue weighted by atomic mass is 32.2. The SMILES string of the molecule is C=C1C(C(=O)Nc2cccc(SC)c2)[C@@H]1C(=O)Nc1cccc(SC)c1. The van der Waals surface area contributed by atoms with Crippen molar-refractivity contribution in [1.29, 1.82) is 0 Å². The second-order valence-corrected chi connectivity index (χ2v) is 7.73. The number of rotatable bonds is 6. The van der Waals surface area contributed by atoms with E-state index < -0.39 is 11.8 Å². The molecule has 0 aliphatic heterocycles. The maximum atomic E-state index is 12.5. The molecule has 2 atom stereocenters. The standard InChI is InChI=1S/C20H20N2O2S2/c1-12-17(19(23)21-13-6-4-8-15(10-13)25-2)18(12)20(24)22-14-7-5-9-16(11-14)26-3/h4-11,17-18H,1H2,2-3H3,(H,21,23)(H,22,24)/t17-,18?/m1/s1. The van der Waals surface area contributed by atoms with Crippen LogP contribution in [0.4, 0.5) is 11.4 Å². The van der Waals surface area contributed by atoms with Crippen LogP contribution in [0.15, 0.2) is 70.5 Å². The Morgan fingerprint density at radius 1 is 0.846 bits per heavy atom. The number of carbonyl (C=O) groups is 2. The fraction of sp³-hybridized carbons (Fsp3) is 0.200. The van der Waals surface area contributed by atoms with Gasteiger partial charge in [0.25, 0.3) is 0 Å². The molecule has 134 valence electrons. The molecule has 4 nitrogen and oxygen atoms in total. The molecule has 0 radical (unpaired) electrons. The lowest BCUT2D eigenvalue weighted by atomic mass is 10.2. The summed E-state index contributed by atoms with van der Waals surface area (Å²) in [7, 11) is 0. The zero-order valence-electron chi connectivity index (χ0n) is 14.6. The van der Waals surface area contributed by atoms with Crippen molar-refractivity contribution in [3.63, 3.8) is 0 Å². The molecule has 0 saturated heterocycles. The highest BCUT2D eigenvalue weighted by molar-refractivity contribution is 7.98. The first-order valence-corrected chi connectivity index (χ1v) is 10.6. The van der Waals surface area contributed by atoms with Crippen molar-refractivity contribution in [2.24, 2.45) is 11.8 Å². The topological polar surface area (TPSA) is 58.2 Å². The lowest BCUT2D eigenvalue weighted by Gasteiger charge is -2.07. The fourth-order valence-electron chi connectivity index (χ4n) is 2.80. The maximum Gasteiger partial charge on any atom is 0.232 e. The van der Waals surface area contributed by atoms with E-state index in [0.717, 1.165) is 21.2 Å². The number of carbonyl (C=O) groups excluding carboxylic acids is 2. The molecule has 2 aromatic carbocycles. The first kappa shape index (κ1) is 18.6. The van der Waals surface area contributed by atoms with Crippen LogP contribution in [0.1, 0.15) is 0 Å². The minimum atomic E-state index is -0.475. The quantitative estimate of drug-likeness (QED) is 0.568. The Kier molecular flexibility index (Phi) is 5.74. The summed E-state index contributed by atoms with van der Waals surface area (Å²) in [6.45, 7) is 3.89. The Bertz CT molecular complexity index is 797. The molecule has 6 heteroatoms. The van der Waals surface area contributed by atoms with Gasteiger partial charge in [-0.05, 0) is 48.9 Å². The third-order valence-corrected chi connectivity index (χ3v) is 5.71. The lowest BCUT2D eigenvalue weighted by molar-refractivity contribution is -0.122. The summed E-state index contributed by atoms with van der Waals surface area (Å²) in [5, 5.41) is 5.76. The second kappa shape index (κ2) is 8.01. The Hall–Kier alpha value is -2.18. The molecule has 0 aromatic heterocycles. The van der Waals surface area contributed by atoms with Gasteiger partial charge in [0.1, 0.15) is 0 Å². The van der Waals surface area contributed by atoms with Gasteiger partial charge in [0.05, 0.1) is 11.8 Å². The third-order valence-electron chi connectivity index (χ3n) is 4.26. The van der Waals surface area contributed by atoms with Gasteiger partial charge in [-0.25, -0.2) is 0 Å². The molecule has 0 heterocycles. The van der Waals surface area contributed by atoms with Gasteiger partial charge < -0.3 is 10.6 Å². The van der Waals surface area contributed by atoms with E-state index >= 15 is 0 Å². The number of benzene rings is 2. The second-order valence-electron chi connectivity index (χ2n) is 5.97. The molecule has 0 spiro atoms. The summed E-state index contributed by atoms with van der Waals surface area (Å²) in [6.07, 6.45) is 3.96. The van der Waals surface area contributed by atoms with E-state index in [2.05, 4.69) is 17.2 Å². The number of thioether (sulfide) groups is 2. The molecular formula is C20H20N2O2S2. The van der Waals surface area contributed by atoms with Gasteiger partial charge in [-0.15, -0.1) is 23.5 Å². The fourth-order valence-corrected chi connectivity index (χ4v) is 3.71. The van der Waals surface area contributed by atoms with Gasteiger partial charge >= 0.3 is 0 Å². The Morgan fingerprint density at radius 2 is 1.27 bits per heavy atom. The molecule has 1 unspecified atom stereocenters. The van der Waals surface area contributed by atoms with Gasteiger partial charge in [-0.1, -0.05) is 24.3 Å². The molecule has 2 amide bonds. The Morgan fingerprint density at radius 3 is 1.65 bits per heavy atom. The average molecular weight is 385 g/mol. The van der Waals surface area contributed by atoms with Gasteiger partial charge in [-0.3, -0.25) is 9.59 Å². The highest BCUT2D eigenvalue weighted by Gasteiger charge is 2.52. The zero-order valence-corrected chi connectivity index (χ0v) is 16.2. The van der Waals surface area contributed by atoms with Crippen molar-refractivity contribution in [2.45, 2.75) is 9.79 Å². The van der Waals surface area contributed by atoms with E-state index in [1.165, 1.54) is 0 Å². The number of anilines is 2. The largest absolute Gasteiger partial charge is 0.326 e. The first-order valence-electron chi connectivity index (χ1n) is 8.12. The van der Waals surface area contributed by atoms with Gasteiger partial charge in [-0.2, -0.15) is 0 Å². The zero-order chi connectivity index (χ0) is 18.7. The van der Waals surface area contributed by atoms with Gasteiger partial charge in [0.2, 0.25) is 11.8 Å². The molecule has 1 fully saturated rings. The van der Waals surface area contributed by atoms with Crippen LogP contribution in [0.25, 0.3) is 0 Å². The molecule has 3 rings (SSSR count). The normalized spacial score (nSPS) is 18.3. The van der Waals surface area contributed by atoms with Crippen LogP contribution in [-0.2, 0) is 9.59 Å². The summed E-state index contributed by atoms with van der Waals surface area (Å²) in [6, 6.07) is 15.3. The molecule has 2 aromatic rings. The van der Waals surface area contributed by atoms with E-state index in [-0.39, 0.29) is 11.8 Å². The number of hydrogen-bond donors (Lipinski definition) is 2. The van der Waals surface area contributed by atoms with Gasteiger partial charge in [0, 0.05) is 21.2 Å². The maximum absolute atomic E-state index is 12.5. The van der Waals surface area contributed by atoms with Crippen LogP contribution < -0.4 is 10.6 Å². The van der Waals surface area contributed by atoms with E-state index in [9.17, 15) is 9.59 Å². The van der Waals surface area contributed by atoms with Gasteiger partial charge in [0.15, 0.2) is 0 Å². The molecule has 1 aliphatic rings. The predicted molar refractivity (Wildman–Crippen MR) is 110 cm³/mol. The highest BCUT2D eigenvalue weighted by Crippen LogP contribution is 2.45. The lowest BCUT2D eigenvalue weighted by Crippen LogP contribution is -2.20. The van der Waals surface area contributed by atoms with Crippen LogP contribution in [0.5, 0.6) is 0 Å². The van der Waals surface area contributed by atoms with E-state index in [1.54, 1.807) is 23.5 Å². The summed E-state index contributed by atoms with van der Waals surface area (Å²) in [5.74, 6) is -1.33. The van der Waals surface area contributed by atoms with Crippen molar-refractivity contribution in [2.75, 3.05) is 23.1 Å². The first-order chi connectivity index (χ1) is 12.5. The minimum absolute atomic E-state index is 0.189. The van der Waals surface area contributed by atoms with E-state index in [0.29, 0.717) is 5.57 Å². The summed E-state index contributed by atoms with van der Waals surface area (Å²) < 4.78 is 0. The summed E-state index contributed by atoms with van der Waals surface area (Å²) in [4.78, 5) is 27.1. The number of amides is 2. The predicted octanol–water partition coefficient (Wildman–Crippen LogP) is 4.51.